The van der Waals surface area contributed by atoms with E-state index >= 15 is 0 Å². The number of ether oxygens (including phenoxy) is 1. The largest absolute Gasteiger partial charge is 0.494 e. The molecule has 6 nitrogen and oxygen atoms in total. The summed E-state index contributed by atoms with van der Waals surface area (Å²) in [6, 6.07) is 15.3. The van der Waals surface area contributed by atoms with Gasteiger partial charge in [-0.05, 0) is 79.3 Å². The molecule has 1 N–H and O–H groups in total. The Bertz CT molecular complexity index is 1330. The number of halogens is 4. The maximum Gasteiger partial charge on any atom is 0.416 e. The first-order valence-electron chi connectivity index (χ1n) is 11.7. The maximum absolute atomic E-state index is 13.5. The van der Waals surface area contributed by atoms with E-state index in [4.69, 9.17) is 17.0 Å². The molecule has 0 bridgehead atoms. The van der Waals surface area contributed by atoms with Crippen LogP contribution in [-0.4, -0.2) is 34.5 Å². The van der Waals surface area contributed by atoms with Crippen LogP contribution in [0.3, 0.4) is 0 Å². The molecule has 3 aromatic carbocycles. The number of hydrogen-bond acceptors (Lipinski definition) is 4. The number of nitrogens with zero attached hydrogens (tertiary/aromatic N) is 2. The summed E-state index contributed by atoms with van der Waals surface area (Å²) >= 11 is 5.51. The van der Waals surface area contributed by atoms with Gasteiger partial charge in [0, 0.05) is 12.2 Å². The lowest BCUT2D eigenvalue weighted by molar-refractivity contribution is -0.137. The number of carbonyl (C=O) groups is 2. The van der Waals surface area contributed by atoms with Gasteiger partial charge in [0.05, 0.1) is 24.3 Å². The lowest BCUT2D eigenvalue weighted by Crippen LogP contribution is -2.37. The van der Waals surface area contributed by atoms with Gasteiger partial charge >= 0.3 is 6.18 Å². The molecule has 1 heterocycles. The van der Waals surface area contributed by atoms with Gasteiger partial charge in [0.2, 0.25) is 5.91 Å². The van der Waals surface area contributed by atoms with Crippen LogP contribution >= 0.6 is 12.2 Å². The van der Waals surface area contributed by atoms with Crippen LogP contribution in [0.4, 0.5) is 28.9 Å². The summed E-state index contributed by atoms with van der Waals surface area (Å²) in [6.45, 7) is 2.38. The van der Waals surface area contributed by atoms with E-state index < -0.39 is 35.4 Å². The molecule has 0 aliphatic carbocycles. The Morgan fingerprint density at radius 2 is 1.74 bits per heavy atom. The average molecular weight is 546 g/mol. The summed E-state index contributed by atoms with van der Waals surface area (Å²) < 4.78 is 58.8. The SMILES string of the molecule is CCOc1ccc(NC(=O)CC2C(=O)N(c3cccc(C(F)(F)F)c3)C(=S)N2Cc2ccc(F)cc2)cc1. The van der Waals surface area contributed by atoms with Gasteiger partial charge in [-0.15, -0.1) is 0 Å². The van der Waals surface area contributed by atoms with Crippen molar-refractivity contribution in [1.82, 2.24) is 4.90 Å². The molecule has 0 spiro atoms. The van der Waals surface area contributed by atoms with Crippen LogP contribution in [0.5, 0.6) is 5.75 Å². The van der Waals surface area contributed by atoms with Crippen LogP contribution in [-0.2, 0) is 22.3 Å². The molecule has 3 aromatic rings. The zero-order valence-electron chi connectivity index (χ0n) is 20.2. The summed E-state index contributed by atoms with van der Waals surface area (Å²) in [7, 11) is 0. The topological polar surface area (TPSA) is 61.9 Å². The van der Waals surface area contributed by atoms with E-state index in [1.54, 1.807) is 24.3 Å². The van der Waals surface area contributed by atoms with Gasteiger partial charge in [0.25, 0.3) is 5.91 Å². The van der Waals surface area contributed by atoms with Crippen LogP contribution in [0.1, 0.15) is 24.5 Å². The molecule has 38 heavy (non-hydrogen) atoms. The molecule has 1 aliphatic rings. The summed E-state index contributed by atoms with van der Waals surface area (Å²) in [4.78, 5) is 28.9. The average Bonchev–Trinajstić information content (AvgIpc) is 3.10. The van der Waals surface area contributed by atoms with Crippen molar-refractivity contribution in [2.45, 2.75) is 32.1 Å². The van der Waals surface area contributed by atoms with Gasteiger partial charge in [-0.3, -0.25) is 14.5 Å². The molecule has 1 fully saturated rings. The molecule has 0 saturated carbocycles. The molecule has 1 atom stereocenters. The normalized spacial score (nSPS) is 15.7. The second kappa shape index (κ2) is 11.2. The number of anilines is 2. The van der Waals surface area contributed by atoms with Crippen molar-refractivity contribution < 1.29 is 31.9 Å². The number of benzene rings is 3. The van der Waals surface area contributed by atoms with Crippen molar-refractivity contribution >= 4 is 40.5 Å². The molecular weight excluding hydrogens is 522 g/mol. The van der Waals surface area contributed by atoms with Crippen molar-refractivity contribution in [2.75, 3.05) is 16.8 Å². The Kier molecular flexibility index (Phi) is 7.96. The van der Waals surface area contributed by atoms with Crippen LogP contribution in [0.2, 0.25) is 0 Å². The predicted molar refractivity (Wildman–Crippen MR) is 138 cm³/mol. The Morgan fingerprint density at radius 3 is 2.37 bits per heavy atom. The monoisotopic (exact) mass is 545 g/mol. The summed E-state index contributed by atoms with van der Waals surface area (Å²) in [5.41, 5.74) is 0.0800. The van der Waals surface area contributed by atoms with E-state index in [1.807, 2.05) is 6.92 Å². The molecule has 1 unspecified atom stereocenters. The minimum absolute atomic E-state index is 0.0430. The van der Waals surface area contributed by atoms with E-state index in [1.165, 1.54) is 41.3 Å². The summed E-state index contributed by atoms with van der Waals surface area (Å²) in [6.07, 6.45) is -4.94. The first kappa shape index (κ1) is 27.1. The fraction of sp³-hybridized carbons (Fsp3) is 0.222. The zero-order chi connectivity index (χ0) is 27.4. The van der Waals surface area contributed by atoms with Crippen molar-refractivity contribution in [2.24, 2.45) is 0 Å². The highest BCUT2D eigenvalue weighted by Gasteiger charge is 2.44. The Labute approximate surface area is 221 Å². The van der Waals surface area contributed by atoms with Gasteiger partial charge in [-0.1, -0.05) is 18.2 Å². The van der Waals surface area contributed by atoms with Crippen molar-refractivity contribution in [3.05, 3.63) is 89.7 Å². The molecule has 2 amide bonds. The highest BCUT2D eigenvalue weighted by Crippen LogP contribution is 2.34. The van der Waals surface area contributed by atoms with Gasteiger partial charge in [-0.2, -0.15) is 13.2 Å². The number of rotatable bonds is 8. The highest BCUT2D eigenvalue weighted by atomic mass is 32.1. The molecule has 0 radical (unpaired) electrons. The lowest BCUT2D eigenvalue weighted by Gasteiger charge is -2.24. The quantitative estimate of drug-likeness (QED) is 0.288. The standard InChI is InChI=1S/C27H23F4N3O3S/c1-2-37-22-12-10-20(11-13-22)32-24(35)15-23-25(36)34(21-5-3-4-18(14-21)27(29,30)31)26(38)33(23)16-17-6-8-19(28)9-7-17/h3-14,23H,2,15-16H2,1H3,(H,32,35). The van der Waals surface area contributed by atoms with Gasteiger partial charge < -0.3 is 15.0 Å². The number of nitrogens with one attached hydrogen (secondary N) is 1. The Morgan fingerprint density at radius 1 is 1.05 bits per heavy atom. The van der Waals surface area contributed by atoms with E-state index in [0.29, 0.717) is 23.6 Å². The van der Waals surface area contributed by atoms with Crippen molar-refractivity contribution in [3.8, 4) is 5.75 Å². The molecule has 11 heteroatoms. The molecule has 1 aliphatic heterocycles. The third-order valence-electron chi connectivity index (χ3n) is 5.84. The minimum Gasteiger partial charge on any atom is -0.494 e. The highest BCUT2D eigenvalue weighted by molar-refractivity contribution is 7.80. The third-order valence-corrected chi connectivity index (χ3v) is 6.26. The number of carbonyl (C=O) groups excluding carboxylic acids is 2. The van der Waals surface area contributed by atoms with Crippen LogP contribution in [0.15, 0.2) is 72.8 Å². The van der Waals surface area contributed by atoms with E-state index in [-0.39, 0.29) is 23.8 Å². The van der Waals surface area contributed by atoms with Gasteiger partial charge in [0.1, 0.15) is 17.6 Å². The second-order valence-corrected chi connectivity index (χ2v) is 8.85. The maximum atomic E-state index is 13.5. The van der Waals surface area contributed by atoms with Crippen LogP contribution in [0.25, 0.3) is 0 Å². The smallest absolute Gasteiger partial charge is 0.416 e. The molecule has 198 valence electrons. The minimum atomic E-state index is -4.62. The molecule has 4 rings (SSSR count). The van der Waals surface area contributed by atoms with E-state index in [9.17, 15) is 27.2 Å². The lowest BCUT2D eigenvalue weighted by atomic mass is 10.1. The predicted octanol–water partition coefficient (Wildman–Crippen LogP) is 5.77. The van der Waals surface area contributed by atoms with Crippen molar-refractivity contribution in [3.63, 3.8) is 0 Å². The molecule has 1 saturated heterocycles. The molecule has 0 aromatic heterocycles. The first-order valence-corrected chi connectivity index (χ1v) is 12.1. The number of hydrogen-bond donors (Lipinski definition) is 1. The Hall–Kier alpha value is -3.99. The van der Waals surface area contributed by atoms with E-state index in [2.05, 4.69) is 5.32 Å². The van der Waals surface area contributed by atoms with Gasteiger partial charge in [-0.25, -0.2) is 4.39 Å². The Balaban J connectivity index is 1.60. The zero-order valence-corrected chi connectivity index (χ0v) is 21.0. The fourth-order valence-electron chi connectivity index (χ4n) is 4.05. The van der Waals surface area contributed by atoms with E-state index in [0.717, 1.165) is 17.0 Å². The van der Waals surface area contributed by atoms with Crippen LogP contribution < -0.4 is 15.0 Å². The van der Waals surface area contributed by atoms with Crippen molar-refractivity contribution in [1.29, 1.82) is 0 Å². The number of thiocarbonyl (C=S) groups is 1. The number of alkyl halides is 3. The summed E-state index contributed by atoms with van der Waals surface area (Å²) in [5.74, 6) is -0.960. The van der Waals surface area contributed by atoms with Gasteiger partial charge in [0.15, 0.2) is 5.11 Å². The summed E-state index contributed by atoms with van der Waals surface area (Å²) in [5, 5.41) is 2.66. The first-order chi connectivity index (χ1) is 18.1. The van der Waals surface area contributed by atoms with Crippen LogP contribution in [0, 0.1) is 5.82 Å². The molecular formula is C27H23F4N3O3S. The number of amides is 2. The second-order valence-electron chi connectivity index (χ2n) is 8.48. The fourth-order valence-corrected chi connectivity index (χ4v) is 4.44. The third kappa shape index (κ3) is 6.10.